The van der Waals surface area contributed by atoms with E-state index in [4.69, 9.17) is 9.84 Å². The van der Waals surface area contributed by atoms with Crippen LogP contribution in [0.25, 0.3) is 0 Å². The van der Waals surface area contributed by atoms with Crippen LogP contribution in [0.5, 0.6) is 0 Å². The van der Waals surface area contributed by atoms with Crippen molar-refractivity contribution in [2.75, 3.05) is 37.0 Å². The van der Waals surface area contributed by atoms with Crippen LogP contribution in [-0.4, -0.2) is 47.5 Å². The van der Waals surface area contributed by atoms with Gasteiger partial charge in [-0.3, -0.25) is 0 Å². The van der Waals surface area contributed by atoms with Crippen LogP contribution in [0.4, 0.5) is 11.8 Å². The molecule has 0 bridgehead atoms. The first-order valence-electron chi connectivity index (χ1n) is 8.43. The number of nitrogens with one attached hydrogen (secondary N) is 2. The van der Waals surface area contributed by atoms with Crippen molar-refractivity contribution in [1.29, 1.82) is 0 Å². The van der Waals surface area contributed by atoms with Crippen molar-refractivity contribution >= 4 is 11.8 Å². The summed E-state index contributed by atoms with van der Waals surface area (Å²) in [4.78, 5) is 9.14. The first kappa shape index (κ1) is 15.5. The summed E-state index contributed by atoms with van der Waals surface area (Å²) in [7, 11) is 0. The molecule has 1 aromatic rings. The van der Waals surface area contributed by atoms with E-state index in [1.165, 1.54) is 32.1 Å². The van der Waals surface area contributed by atoms with Crippen LogP contribution in [-0.2, 0) is 4.74 Å². The van der Waals surface area contributed by atoms with E-state index in [2.05, 4.69) is 26.7 Å². The fourth-order valence-corrected chi connectivity index (χ4v) is 3.22. The summed E-state index contributed by atoms with van der Waals surface area (Å²) in [5.41, 5.74) is 1.03. The Hall–Kier alpha value is -1.40. The minimum absolute atomic E-state index is 0.0749. The number of hydrogen-bond acceptors (Lipinski definition) is 6. The lowest BCUT2D eigenvalue weighted by Gasteiger charge is -2.24. The summed E-state index contributed by atoms with van der Waals surface area (Å²) in [6.07, 6.45) is 7.37. The minimum Gasteiger partial charge on any atom is -0.395 e. The number of anilines is 2. The largest absolute Gasteiger partial charge is 0.395 e. The highest BCUT2D eigenvalue weighted by Gasteiger charge is 2.21. The summed E-state index contributed by atoms with van der Waals surface area (Å²) in [5.74, 6) is 1.84. The van der Waals surface area contributed by atoms with Crippen molar-refractivity contribution in [3.63, 3.8) is 0 Å². The first-order chi connectivity index (χ1) is 10.8. The minimum atomic E-state index is 0.0749. The zero-order chi connectivity index (χ0) is 15.2. The fourth-order valence-electron chi connectivity index (χ4n) is 3.22. The molecule has 22 heavy (non-hydrogen) atoms. The normalized spacial score (nSPS) is 22.7. The van der Waals surface area contributed by atoms with Crippen LogP contribution in [0, 0.1) is 0 Å². The van der Waals surface area contributed by atoms with Gasteiger partial charge in [0.15, 0.2) is 0 Å². The Morgan fingerprint density at radius 1 is 1.18 bits per heavy atom. The molecular weight excluding hydrogens is 280 g/mol. The molecule has 0 radical (unpaired) electrons. The maximum atomic E-state index is 8.99. The molecule has 3 N–H and O–H groups in total. The van der Waals surface area contributed by atoms with E-state index in [9.17, 15) is 0 Å². The summed E-state index contributed by atoms with van der Waals surface area (Å²) < 4.78 is 5.48. The summed E-state index contributed by atoms with van der Waals surface area (Å²) in [5, 5.41) is 15.6. The third kappa shape index (κ3) is 4.08. The van der Waals surface area contributed by atoms with Gasteiger partial charge in [-0.05, 0) is 19.3 Å². The monoisotopic (exact) mass is 306 g/mol. The van der Waals surface area contributed by atoms with E-state index in [0.29, 0.717) is 24.5 Å². The van der Waals surface area contributed by atoms with Gasteiger partial charge in [0.2, 0.25) is 5.95 Å². The molecule has 1 saturated heterocycles. The van der Waals surface area contributed by atoms with Crippen molar-refractivity contribution in [1.82, 2.24) is 9.97 Å². The maximum absolute atomic E-state index is 8.99. The van der Waals surface area contributed by atoms with Crippen LogP contribution in [0.2, 0.25) is 0 Å². The zero-order valence-corrected chi connectivity index (χ0v) is 13.1. The predicted molar refractivity (Wildman–Crippen MR) is 86.3 cm³/mol. The van der Waals surface area contributed by atoms with Crippen LogP contribution in [0.1, 0.15) is 50.1 Å². The second-order valence-corrected chi connectivity index (χ2v) is 6.19. The molecule has 0 spiro atoms. The van der Waals surface area contributed by atoms with Gasteiger partial charge in [0, 0.05) is 31.2 Å². The molecule has 1 aromatic heterocycles. The van der Waals surface area contributed by atoms with Crippen molar-refractivity contribution in [2.45, 2.75) is 50.5 Å². The molecular formula is C16H26N4O2. The second-order valence-electron chi connectivity index (χ2n) is 6.19. The van der Waals surface area contributed by atoms with Crippen LogP contribution < -0.4 is 10.6 Å². The van der Waals surface area contributed by atoms with Gasteiger partial charge < -0.3 is 20.5 Å². The van der Waals surface area contributed by atoms with Gasteiger partial charge in [0.25, 0.3) is 0 Å². The van der Waals surface area contributed by atoms with Crippen molar-refractivity contribution in [3.05, 3.63) is 11.8 Å². The van der Waals surface area contributed by atoms with Gasteiger partial charge >= 0.3 is 0 Å². The van der Waals surface area contributed by atoms with Gasteiger partial charge in [-0.25, -0.2) is 4.98 Å². The lowest BCUT2D eigenvalue weighted by atomic mass is 9.95. The Kier molecular flexibility index (Phi) is 5.45. The summed E-state index contributed by atoms with van der Waals surface area (Å²) >= 11 is 0. The molecule has 0 amide bonds. The third-order valence-corrected chi connectivity index (χ3v) is 4.45. The van der Waals surface area contributed by atoms with Crippen LogP contribution >= 0.6 is 0 Å². The molecule has 1 atom stereocenters. The Labute approximate surface area is 131 Å². The topological polar surface area (TPSA) is 79.3 Å². The number of aromatic nitrogens is 2. The summed E-state index contributed by atoms with van der Waals surface area (Å²) in [6.45, 7) is 2.08. The van der Waals surface area contributed by atoms with Crippen LogP contribution in [0.15, 0.2) is 6.07 Å². The molecule has 6 heteroatoms. The molecule has 0 aromatic carbocycles. The van der Waals surface area contributed by atoms with E-state index >= 15 is 0 Å². The summed E-state index contributed by atoms with van der Waals surface area (Å²) in [6, 6.07) is 2.58. The molecule has 122 valence electrons. The van der Waals surface area contributed by atoms with Crippen molar-refractivity contribution in [3.8, 4) is 0 Å². The Balaban J connectivity index is 1.75. The van der Waals surface area contributed by atoms with Gasteiger partial charge in [-0.1, -0.05) is 19.3 Å². The highest BCUT2D eigenvalue weighted by Crippen LogP contribution is 2.27. The number of nitrogens with zero attached hydrogens (tertiary/aromatic N) is 2. The SMILES string of the molecule is OCCNc1nc(NC2CCCCC2)cc([C@H]2CCOC2)n1. The quantitative estimate of drug-likeness (QED) is 0.747. The smallest absolute Gasteiger partial charge is 0.224 e. The predicted octanol–water partition coefficient (Wildman–Crippen LogP) is 2.13. The van der Waals surface area contributed by atoms with E-state index in [0.717, 1.165) is 31.1 Å². The van der Waals surface area contributed by atoms with Crippen molar-refractivity contribution < 1.29 is 9.84 Å². The van der Waals surface area contributed by atoms with E-state index in [1.54, 1.807) is 0 Å². The highest BCUT2D eigenvalue weighted by atomic mass is 16.5. The number of ether oxygens (including phenoxy) is 1. The highest BCUT2D eigenvalue weighted by molar-refractivity contribution is 5.44. The van der Waals surface area contributed by atoms with E-state index < -0.39 is 0 Å². The second kappa shape index (κ2) is 7.74. The number of hydrogen-bond donors (Lipinski definition) is 3. The number of rotatable bonds is 6. The molecule has 1 aliphatic carbocycles. The average Bonchev–Trinajstić information content (AvgIpc) is 3.08. The molecule has 6 nitrogen and oxygen atoms in total. The van der Waals surface area contributed by atoms with Gasteiger partial charge in [0.1, 0.15) is 5.82 Å². The Morgan fingerprint density at radius 2 is 2.05 bits per heavy atom. The lowest BCUT2D eigenvalue weighted by molar-refractivity contribution is 0.193. The van der Waals surface area contributed by atoms with E-state index in [-0.39, 0.29) is 6.61 Å². The lowest BCUT2D eigenvalue weighted by Crippen LogP contribution is -2.23. The van der Waals surface area contributed by atoms with E-state index in [1.807, 2.05) is 0 Å². The maximum Gasteiger partial charge on any atom is 0.224 e. The molecule has 2 heterocycles. The standard InChI is InChI=1S/C16H26N4O2/c21-8-7-17-16-19-14(12-6-9-22-11-12)10-15(20-16)18-13-4-2-1-3-5-13/h10,12-13,21H,1-9,11H2,(H2,17,18,19,20)/t12-/m0/s1. The molecule has 2 aliphatic rings. The first-order valence-corrected chi connectivity index (χ1v) is 8.43. The molecule has 1 aliphatic heterocycles. The van der Waals surface area contributed by atoms with Gasteiger partial charge in [-0.2, -0.15) is 4.98 Å². The fraction of sp³-hybridized carbons (Fsp3) is 0.750. The molecule has 3 rings (SSSR count). The molecule has 1 saturated carbocycles. The Morgan fingerprint density at radius 3 is 2.77 bits per heavy atom. The zero-order valence-electron chi connectivity index (χ0n) is 13.1. The molecule has 0 unspecified atom stereocenters. The average molecular weight is 306 g/mol. The van der Waals surface area contributed by atoms with Gasteiger partial charge in [-0.15, -0.1) is 0 Å². The van der Waals surface area contributed by atoms with Crippen molar-refractivity contribution in [2.24, 2.45) is 0 Å². The number of aliphatic hydroxyl groups excluding tert-OH is 1. The number of aliphatic hydroxyl groups is 1. The third-order valence-electron chi connectivity index (χ3n) is 4.45. The Bertz CT molecular complexity index is 471. The van der Waals surface area contributed by atoms with Gasteiger partial charge in [0.05, 0.1) is 18.9 Å². The van der Waals surface area contributed by atoms with Crippen LogP contribution in [0.3, 0.4) is 0 Å². The molecule has 2 fully saturated rings.